The fourth-order valence-corrected chi connectivity index (χ4v) is 4.79. The normalized spacial score (nSPS) is 11.9. The molecule has 3 aromatic carbocycles. The Morgan fingerprint density at radius 2 is 1.86 bits per heavy atom. The summed E-state index contributed by atoms with van der Waals surface area (Å²) in [6, 6.07) is 16.9. The number of hydrogen-bond acceptors (Lipinski definition) is 6. The number of ether oxygens (including phenoxy) is 1. The van der Waals surface area contributed by atoms with E-state index in [2.05, 4.69) is 10.2 Å². The van der Waals surface area contributed by atoms with Gasteiger partial charge in [-0.25, -0.2) is 8.78 Å². The topological polar surface area (TPSA) is 83.1 Å². The molecule has 4 aromatic rings. The molecule has 0 saturated carbocycles. The number of aromatic nitrogens is 3. The first-order chi connectivity index (χ1) is 16.8. The third-order valence-electron chi connectivity index (χ3n) is 5.11. The van der Waals surface area contributed by atoms with Crippen LogP contribution in [0.1, 0.15) is 22.2 Å². The van der Waals surface area contributed by atoms with Crippen LogP contribution in [-0.2, 0) is 6.61 Å². The molecule has 1 aromatic heterocycles. The molecule has 0 amide bonds. The van der Waals surface area contributed by atoms with Crippen molar-refractivity contribution >= 4 is 23.4 Å². The van der Waals surface area contributed by atoms with E-state index >= 15 is 0 Å². The number of aryl methyl sites for hydroxylation is 1. The van der Waals surface area contributed by atoms with Crippen molar-refractivity contribution in [2.24, 2.45) is 0 Å². The van der Waals surface area contributed by atoms with E-state index in [0.717, 1.165) is 11.8 Å². The fourth-order valence-electron chi connectivity index (χ4n) is 3.39. The Morgan fingerprint density at radius 3 is 2.54 bits per heavy atom. The first-order valence-electron chi connectivity index (χ1n) is 10.4. The number of nitro groups is 1. The molecule has 35 heavy (non-hydrogen) atoms. The predicted molar refractivity (Wildman–Crippen MR) is 129 cm³/mol. The van der Waals surface area contributed by atoms with E-state index in [1.165, 1.54) is 18.2 Å². The Balaban J connectivity index is 1.58. The van der Waals surface area contributed by atoms with Crippen molar-refractivity contribution in [1.82, 2.24) is 14.8 Å². The zero-order chi connectivity index (χ0) is 24.9. The number of thioether (sulfide) groups is 1. The van der Waals surface area contributed by atoms with Gasteiger partial charge in [-0.1, -0.05) is 47.6 Å². The van der Waals surface area contributed by atoms with Crippen LogP contribution in [0.4, 0.5) is 8.78 Å². The van der Waals surface area contributed by atoms with E-state index in [9.17, 15) is 18.9 Å². The molecule has 7 nitrogen and oxygen atoms in total. The van der Waals surface area contributed by atoms with Gasteiger partial charge in [0.2, 0.25) is 6.54 Å². The van der Waals surface area contributed by atoms with Crippen LogP contribution < -0.4 is 4.74 Å². The summed E-state index contributed by atoms with van der Waals surface area (Å²) in [6.07, 6.45) is 0. The quantitative estimate of drug-likeness (QED) is 0.150. The molecular weight excluding hydrogens is 498 g/mol. The van der Waals surface area contributed by atoms with E-state index in [4.69, 9.17) is 16.3 Å². The van der Waals surface area contributed by atoms with Gasteiger partial charge in [0.05, 0.1) is 5.02 Å². The third kappa shape index (κ3) is 5.95. The van der Waals surface area contributed by atoms with Crippen molar-refractivity contribution in [3.8, 4) is 11.4 Å². The Kier molecular flexibility index (Phi) is 7.62. The Hall–Kier alpha value is -3.50. The molecule has 1 atom stereocenters. The van der Waals surface area contributed by atoms with Gasteiger partial charge in [-0.3, -0.25) is 14.7 Å². The molecule has 0 N–H and O–H groups in total. The lowest BCUT2D eigenvalue weighted by Crippen LogP contribution is -2.11. The van der Waals surface area contributed by atoms with Crippen LogP contribution in [0.2, 0.25) is 5.02 Å². The number of hydrogen-bond donors (Lipinski definition) is 0. The lowest BCUT2D eigenvalue weighted by molar-refractivity contribution is -0.479. The SMILES string of the molecule is Cc1nnc(S[C@H](C[N+](=O)[O-])c2ccc(OCc3ccccc3F)c(Cl)c2)n1-c1ccc(F)cc1. The van der Waals surface area contributed by atoms with Crippen LogP contribution in [0, 0.1) is 28.7 Å². The monoisotopic (exact) mass is 516 g/mol. The summed E-state index contributed by atoms with van der Waals surface area (Å²) in [5.41, 5.74) is 1.59. The number of rotatable bonds is 9. The summed E-state index contributed by atoms with van der Waals surface area (Å²) in [6.45, 7) is 1.33. The molecule has 0 aliphatic heterocycles. The molecular formula is C24H19ClF2N4O3S. The average Bonchev–Trinajstić information content (AvgIpc) is 3.19. The average molecular weight is 517 g/mol. The molecule has 0 unspecified atom stereocenters. The van der Waals surface area contributed by atoms with Crippen molar-refractivity contribution in [3.63, 3.8) is 0 Å². The van der Waals surface area contributed by atoms with E-state index in [1.54, 1.807) is 60.0 Å². The maximum atomic E-state index is 13.9. The summed E-state index contributed by atoms with van der Waals surface area (Å²) in [4.78, 5) is 11.0. The van der Waals surface area contributed by atoms with Crippen LogP contribution in [0.5, 0.6) is 5.75 Å². The van der Waals surface area contributed by atoms with Gasteiger partial charge in [-0.15, -0.1) is 10.2 Å². The van der Waals surface area contributed by atoms with Crippen molar-refractivity contribution < 1.29 is 18.4 Å². The number of nitrogens with zero attached hydrogens (tertiary/aromatic N) is 4. The van der Waals surface area contributed by atoms with Crippen LogP contribution in [0.15, 0.2) is 71.9 Å². The lowest BCUT2D eigenvalue weighted by Gasteiger charge is -2.16. The first-order valence-corrected chi connectivity index (χ1v) is 11.7. The highest BCUT2D eigenvalue weighted by Crippen LogP contribution is 2.38. The van der Waals surface area contributed by atoms with Crippen LogP contribution in [0.25, 0.3) is 5.69 Å². The van der Waals surface area contributed by atoms with E-state index < -0.39 is 16.7 Å². The van der Waals surface area contributed by atoms with Gasteiger partial charge < -0.3 is 4.74 Å². The fraction of sp³-hybridized carbons (Fsp3) is 0.167. The van der Waals surface area contributed by atoms with Crippen molar-refractivity contribution in [1.29, 1.82) is 0 Å². The molecule has 0 aliphatic carbocycles. The lowest BCUT2D eigenvalue weighted by atomic mass is 10.1. The molecule has 180 valence electrons. The molecule has 0 bridgehead atoms. The smallest absolute Gasteiger partial charge is 0.220 e. The van der Waals surface area contributed by atoms with Crippen LogP contribution in [-0.4, -0.2) is 26.2 Å². The molecule has 11 heteroatoms. The summed E-state index contributed by atoms with van der Waals surface area (Å²) in [5.74, 6) is 0.109. The highest BCUT2D eigenvalue weighted by molar-refractivity contribution is 7.99. The van der Waals surface area contributed by atoms with Crippen molar-refractivity contribution in [3.05, 3.63) is 110 Å². The van der Waals surface area contributed by atoms with Crippen LogP contribution in [0.3, 0.4) is 0 Å². The molecule has 0 aliphatic rings. The highest BCUT2D eigenvalue weighted by atomic mass is 35.5. The maximum Gasteiger partial charge on any atom is 0.220 e. The number of halogens is 3. The van der Waals surface area contributed by atoms with Gasteiger partial charge in [-0.2, -0.15) is 0 Å². The van der Waals surface area contributed by atoms with Gasteiger partial charge in [0.1, 0.15) is 35.1 Å². The van der Waals surface area contributed by atoms with Gasteiger partial charge in [0.15, 0.2) is 5.16 Å². The van der Waals surface area contributed by atoms with Crippen LogP contribution >= 0.6 is 23.4 Å². The minimum absolute atomic E-state index is 0.0150. The van der Waals surface area contributed by atoms with Gasteiger partial charge in [0.25, 0.3) is 0 Å². The summed E-state index contributed by atoms with van der Waals surface area (Å²) >= 11 is 7.55. The van der Waals surface area contributed by atoms with Gasteiger partial charge >= 0.3 is 0 Å². The zero-order valence-corrected chi connectivity index (χ0v) is 20.0. The molecule has 4 rings (SSSR count). The Bertz CT molecular complexity index is 1350. The minimum atomic E-state index is -0.647. The largest absolute Gasteiger partial charge is 0.487 e. The Labute approximate surface area is 208 Å². The second-order valence-electron chi connectivity index (χ2n) is 7.53. The summed E-state index contributed by atoms with van der Waals surface area (Å²) in [5, 5.41) is 19.7. The van der Waals surface area contributed by atoms with E-state index in [0.29, 0.717) is 33.5 Å². The maximum absolute atomic E-state index is 13.9. The number of benzene rings is 3. The second kappa shape index (κ2) is 10.8. The molecule has 1 heterocycles. The molecule has 0 radical (unpaired) electrons. The van der Waals surface area contributed by atoms with Crippen molar-refractivity contribution in [2.75, 3.05) is 6.54 Å². The standard InChI is InChI=1S/C24H19ClF2N4O3S/c1-15-28-29-24(31(15)19-9-7-18(26)8-10-19)35-23(13-30(32)33)16-6-11-22(20(25)12-16)34-14-17-4-2-3-5-21(17)27/h2-12,23H,13-14H2,1H3/t23-/m1/s1. The van der Waals surface area contributed by atoms with Crippen molar-refractivity contribution in [2.45, 2.75) is 23.9 Å². The van der Waals surface area contributed by atoms with E-state index in [-0.39, 0.29) is 23.3 Å². The summed E-state index contributed by atoms with van der Waals surface area (Å²) in [7, 11) is 0. The first kappa shape index (κ1) is 24.6. The predicted octanol–water partition coefficient (Wildman–Crippen LogP) is 6.20. The molecule has 0 spiro atoms. The van der Waals surface area contributed by atoms with E-state index in [1.807, 2.05) is 0 Å². The zero-order valence-electron chi connectivity index (χ0n) is 18.4. The third-order valence-corrected chi connectivity index (χ3v) is 6.59. The second-order valence-corrected chi connectivity index (χ2v) is 9.11. The van der Waals surface area contributed by atoms with Gasteiger partial charge in [0, 0.05) is 16.2 Å². The molecule has 0 saturated heterocycles. The highest BCUT2D eigenvalue weighted by Gasteiger charge is 2.24. The van der Waals surface area contributed by atoms with Gasteiger partial charge in [-0.05, 0) is 55.0 Å². The molecule has 0 fully saturated rings. The Morgan fingerprint density at radius 1 is 1.11 bits per heavy atom. The summed E-state index contributed by atoms with van der Waals surface area (Å²) < 4.78 is 34.6. The minimum Gasteiger partial charge on any atom is -0.487 e.